The number of aromatic nitrogens is 2. The summed E-state index contributed by atoms with van der Waals surface area (Å²) in [5, 5.41) is 26.0. The maximum Gasteiger partial charge on any atom is 0.276 e. The van der Waals surface area contributed by atoms with Crippen molar-refractivity contribution in [3.05, 3.63) is 98.8 Å². The highest BCUT2D eigenvalue weighted by atomic mass is 16.6. The van der Waals surface area contributed by atoms with Crippen LogP contribution in [0.4, 0.5) is 11.4 Å². The summed E-state index contributed by atoms with van der Waals surface area (Å²) in [4.78, 5) is 30.0. The van der Waals surface area contributed by atoms with Gasteiger partial charge in [-0.05, 0) is 30.3 Å². The van der Waals surface area contributed by atoms with E-state index in [1.54, 1.807) is 30.3 Å². The van der Waals surface area contributed by atoms with Crippen molar-refractivity contribution in [3.8, 4) is 0 Å². The summed E-state index contributed by atoms with van der Waals surface area (Å²) >= 11 is 0. The molecule has 4 aromatic rings. The number of hydrogen-bond acceptors (Lipinski definition) is 8. The van der Waals surface area contributed by atoms with Gasteiger partial charge in [0.2, 0.25) is 0 Å². The van der Waals surface area contributed by atoms with Crippen molar-refractivity contribution in [1.82, 2.24) is 9.97 Å². The second-order valence-electron chi connectivity index (χ2n) is 6.27. The molecule has 30 heavy (non-hydrogen) atoms. The van der Waals surface area contributed by atoms with Gasteiger partial charge in [0.15, 0.2) is 11.8 Å². The highest BCUT2D eigenvalue weighted by molar-refractivity contribution is 6.03. The first-order valence-corrected chi connectivity index (χ1v) is 8.82. The predicted molar refractivity (Wildman–Crippen MR) is 109 cm³/mol. The molecule has 0 radical (unpaired) electrons. The summed E-state index contributed by atoms with van der Waals surface area (Å²) in [5.41, 5.74) is 2.79. The molecule has 150 valence electrons. The third kappa shape index (κ3) is 3.80. The number of aliphatic hydroxyl groups excluding tert-OH is 1. The van der Waals surface area contributed by atoms with Gasteiger partial charge in [-0.25, -0.2) is 4.98 Å². The van der Waals surface area contributed by atoms with Crippen LogP contribution in [-0.2, 0) is 0 Å². The molecule has 2 aromatic heterocycles. The van der Waals surface area contributed by atoms with Crippen molar-refractivity contribution < 1.29 is 14.4 Å². The maximum atomic E-state index is 12.7. The van der Waals surface area contributed by atoms with Gasteiger partial charge in [-0.2, -0.15) is 5.10 Å². The average molecular weight is 405 g/mol. The molecule has 0 fully saturated rings. The molecule has 10 heteroatoms. The summed E-state index contributed by atoms with van der Waals surface area (Å²) < 4.78 is 5.24. The normalized spacial score (nSPS) is 12.6. The molecule has 0 saturated carbocycles. The summed E-state index contributed by atoms with van der Waals surface area (Å²) in [7, 11) is 0. The maximum absolute atomic E-state index is 12.7. The number of furan rings is 1. The van der Waals surface area contributed by atoms with E-state index in [9.17, 15) is 20.0 Å². The van der Waals surface area contributed by atoms with Crippen LogP contribution in [0.1, 0.15) is 17.6 Å². The fraction of sp³-hybridized carbons (Fsp3) is 0.0500. The molecular weight excluding hydrogens is 390 g/mol. The molecule has 0 amide bonds. The summed E-state index contributed by atoms with van der Waals surface area (Å²) in [6.07, 6.45) is -0.0247. The molecule has 0 bridgehead atoms. The van der Waals surface area contributed by atoms with Gasteiger partial charge < -0.3 is 14.5 Å². The fourth-order valence-electron chi connectivity index (χ4n) is 2.82. The Morgan fingerprint density at radius 2 is 2.00 bits per heavy atom. The number of hydrazone groups is 1. The largest absolute Gasteiger partial charge is 0.466 e. The summed E-state index contributed by atoms with van der Waals surface area (Å²) in [6, 6.07) is 15.9. The molecule has 2 heterocycles. The topological polar surface area (TPSA) is 147 Å². The number of aliphatic hydroxyl groups is 1. The van der Waals surface area contributed by atoms with E-state index in [0.717, 1.165) is 0 Å². The number of aromatic amines is 1. The lowest BCUT2D eigenvalue weighted by atomic mass is 10.1. The number of nitro groups is 1. The first-order chi connectivity index (χ1) is 14.5. The van der Waals surface area contributed by atoms with Crippen LogP contribution in [0, 0.1) is 10.1 Å². The SMILES string of the molecule is O=c1[nH]c2ccc([N+](=O)[O-])cc2nc1/C(=N\Nc1ccccc1)[C@@H](O)c1ccco1. The van der Waals surface area contributed by atoms with Crippen LogP contribution in [0.15, 0.2) is 81.2 Å². The van der Waals surface area contributed by atoms with Crippen LogP contribution in [0.3, 0.4) is 0 Å². The van der Waals surface area contributed by atoms with E-state index < -0.39 is 16.6 Å². The molecule has 1 atom stereocenters. The third-order valence-electron chi connectivity index (χ3n) is 4.28. The zero-order chi connectivity index (χ0) is 21.1. The Balaban J connectivity index is 1.84. The van der Waals surface area contributed by atoms with Crippen LogP contribution in [0.5, 0.6) is 0 Å². The van der Waals surface area contributed by atoms with E-state index in [0.29, 0.717) is 11.2 Å². The molecule has 0 saturated heterocycles. The number of nitrogens with zero attached hydrogens (tertiary/aromatic N) is 3. The van der Waals surface area contributed by atoms with Crippen molar-refractivity contribution in [2.24, 2.45) is 5.10 Å². The molecule has 2 aromatic carbocycles. The predicted octanol–water partition coefficient (Wildman–Crippen LogP) is 2.97. The monoisotopic (exact) mass is 405 g/mol. The molecule has 0 aliphatic rings. The minimum absolute atomic E-state index is 0.108. The summed E-state index contributed by atoms with van der Waals surface area (Å²) in [6.45, 7) is 0. The lowest BCUT2D eigenvalue weighted by molar-refractivity contribution is -0.384. The number of rotatable bonds is 6. The zero-order valence-corrected chi connectivity index (χ0v) is 15.4. The zero-order valence-electron chi connectivity index (χ0n) is 15.4. The Morgan fingerprint density at radius 3 is 2.70 bits per heavy atom. The Morgan fingerprint density at radius 1 is 1.20 bits per heavy atom. The number of nitrogens with one attached hydrogen (secondary N) is 2. The first kappa shape index (κ1) is 19.0. The Hall–Kier alpha value is -4.31. The van der Waals surface area contributed by atoms with E-state index >= 15 is 0 Å². The van der Waals surface area contributed by atoms with Crippen molar-refractivity contribution in [2.75, 3.05) is 5.43 Å². The number of nitro benzene ring substituents is 1. The molecule has 0 spiro atoms. The average Bonchev–Trinajstić information content (AvgIpc) is 3.29. The van der Waals surface area contributed by atoms with Crippen molar-refractivity contribution >= 4 is 28.1 Å². The van der Waals surface area contributed by atoms with Gasteiger partial charge in [0.1, 0.15) is 11.5 Å². The second-order valence-corrected chi connectivity index (χ2v) is 6.27. The smallest absolute Gasteiger partial charge is 0.276 e. The Kier molecular flexibility index (Phi) is 5.06. The highest BCUT2D eigenvalue weighted by Crippen LogP contribution is 2.21. The molecular formula is C20H15N5O5. The summed E-state index contributed by atoms with van der Waals surface area (Å²) in [5.74, 6) is 0.156. The van der Waals surface area contributed by atoms with Gasteiger partial charge in [0.25, 0.3) is 11.2 Å². The number of hydrogen-bond donors (Lipinski definition) is 3. The Bertz CT molecular complexity index is 1280. The van der Waals surface area contributed by atoms with Crippen LogP contribution in [-0.4, -0.2) is 25.7 Å². The molecule has 0 aliphatic carbocycles. The minimum Gasteiger partial charge on any atom is -0.466 e. The van der Waals surface area contributed by atoms with Crippen LogP contribution in [0.2, 0.25) is 0 Å². The molecule has 3 N–H and O–H groups in total. The second kappa shape index (κ2) is 7.97. The van der Waals surface area contributed by atoms with Crippen LogP contribution < -0.4 is 11.0 Å². The number of benzene rings is 2. The van der Waals surface area contributed by atoms with Gasteiger partial charge in [-0.1, -0.05) is 18.2 Å². The van der Waals surface area contributed by atoms with Crippen LogP contribution in [0.25, 0.3) is 11.0 Å². The van der Waals surface area contributed by atoms with Gasteiger partial charge in [0, 0.05) is 12.1 Å². The molecule has 4 rings (SSSR count). The van der Waals surface area contributed by atoms with Gasteiger partial charge in [-0.15, -0.1) is 0 Å². The number of para-hydroxylation sites is 1. The number of fused-ring (bicyclic) bond motifs is 1. The van der Waals surface area contributed by atoms with Gasteiger partial charge in [-0.3, -0.25) is 20.3 Å². The van der Waals surface area contributed by atoms with Crippen molar-refractivity contribution in [1.29, 1.82) is 0 Å². The molecule has 0 unspecified atom stereocenters. The third-order valence-corrected chi connectivity index (χ3v) is 4.28. The lowest BCUT2D eigenvalue weighted by Crippen LogP contribution is -2.26. The first-order valence-electron chi connectivity index (χ1n) is 8.82. The van der Waals surface area contributed by atoms with Gasteiger partial charge >= 0.3 is 0 Å². The van der Waals surface area contributed by atoms with E-state index in [2.05, 4.69) is 20.5 Å². The van der Waals surface area contributed by atoms with E-state index in [1.807, 2.05) is 6.07 Å². The molecule has 10 nitrogen and oxygen atoms in total. The number of H-pyrrole nitrogens is 1. The van der Waals surface area contributed by atoms with Crippen LogP contribution >= 0.6 is 0 Å². The Labute approximate surface area is 168 Å². The quantitative estimate of drug-likeness (QED) is 0.254. The standard InChI is InChI=1S/C20H15N5O5/c26-19(16-7-4-10-30-16)17(24-23-12-5-2-1-3-6-12)18-20(27)22-14-9-8-13(25(28)29)11-15(14)21-18/h1-11,19,23,26H,(H,22,27)/b24-17+/t19-/m0/s1. The number of non-ortho nitro benzene ring substituents is 1. The van der Waals surface area contributed by atoms with Crippen molar-refractivity contribution in [2.45, 2.75) is 6.10 Å². The van der Waals surface area contributed by atoms with Gasteiger partial charge in [0.05, 0.1) is 27.9 Å². The highest BCUT2D eigenvalue weighted by Gasteiger charge is 2.25. The minimum atomic E-state index is -1.40. The van der Waals surface area contributed by atoms with Crippen molar-refractivity contribution in [3.63, 3.8) is 0 Å². The molecule has 0 aliphatic heterocycles. The number of anilines is 1. The fourth-order valence-corrected chi connectivity index (χ4v) is 2.82. The lowest BCUT2D eigenvalue weighted by Gasteiger charge is -2.12. The van der Waals surface area contributed by atoms with E-state index in [1.165, 1.54) is 30.5 Å². The van der Waals surface area contributed by atoms with E-state index in [4.69, 9.17) is 4.42 Å². The van der Waals surface area contributed by atoms with E-state index in [-0.39, 0.29) is 28.4 Å².